The second-order valence-corrected chi connectivity index (χ2v) is 9.67. The number of carbonyl (C=O) groups excluding carboxylic acids is 1. The van der Waals surface area contributed by atoms with Gasteiger partial charge in [0.15, 0.2) is 0 Å². The van der Waals surface area contributed by atoms with Crippen molar-refractivity contribution in [2.24, 2.45) is 0 Å². The van der Waals surface area contributed by atoms with E-state index in [1.54, 1.807) is 17.0 Å². The Morgan fingerprint density at radius 3 is 2.19 bits per heavy atom. The fraction of sp³-hybridized carbons (Fsp3) is 0.588. The number of benzene rings is 1. The number of rotatable bonds is 3. The molecule has 0 radical (unpaired) electrons. The lowest BCUT2D eigenvalue weighted by atomic mass is 10.2. The molecule has 10 heteroatoms. The van der Waals surface area contributed by atoms with Crippen LogP contribution in [0, 0.1) is 0 Å². The average Bonchev–Trinajstić information content (AvgIpc) is 2.60. The minimum absolute atomic E-state index is 0.140. The SMILES string of the molecule is CC1CN(S(=O)(=O)N2CCN(C(=O)c3ccc(Cl)cc3Cl)CC2)CC(C)O1. The molecule has 7 nitrogen and oxygen atoms in total. The van der Waals surface area contributed by atoms with Crippen molar-refractivity contribution in [3.8, 4) is 0 Å². The maximum atomic E-state index is 12.9. The summed E-state index contributed by atoms with van der Waals surface area (Å²) >= 11 is 12.0. The first-order valence-electron chi connectivity index (χ1n) is 8.83. The predicted molar refractivity (Wildman–Crippen MR) is 104 cm³/mol. The first kappa shape index (κ1) is 20.8. The van der Waals surface area contributed by atoms with Gasteiger partial charge in [-0.15, -0.1) is 0 Å². The topological polar surface area (TPSA) is 70.2 Å². The van der Waals surface area contributed by atoms with Gasteiger partial charge in [-0.1, -0.05) is 23.2 Å². The summed E-state index contributed by atoms with van der Waals surface area (Å²) in [4.78, 5) is 14.3. The summed E-state index contributed by atoms with van der Waals surface area (Å²) in [7, 11) is -3.57. The van der Waals surface area contributed by atoms with Crippen LogP contribution in [0.15, 0.2) is 18.2 Å². The van der Waals surface area contributed by atoms with Crippen molar-refractivity contribution in [1.82, 2.24) is 13.5 Å². The Kier molecular flexibility index (Phi) is 6.34. The number of morpholine rings is 1. The smallest absolute Gasteiger partial charge is 0.282 e. The van der Waals surface area contributed by atoms with E-state index in [4.69, 9.17) is 27.9 Å². The van der Waals surface area contributed by atoms with Crippen LogP contribution in [0.5, 0.6) is 0 Å². The predicted octanol–water partition coefficient (Wildman–Crippen LogP) is 2.11. The fourth-order valence-electron chi connectivity index (χ4n) is 3.44. The molecular weight excluding hydrogens is 413 g/mol. The van der Waals surface area contributed by atoms with Crippen molar-refractivity contribution in [3.05, 3.63) is 33.8 Å². The van der Waals surface area contributed by atoms with Gasteiger partial charge in [0.05, 0.1) is 22.8 Å². The van der Waals surface area contributed by atoms with Crippen LogP contribution >= 0.6 is 23.2 Å². The number of carbonyl (C=O) groups is 1. The van der Waals surface area contributed by atoms with Gasteiger partial charge in [0.2, 0.25) is 0 Å². The number of piperazine rings is 1. The molecule has 0 aliphatic carbocycles. The van der Waals surface area contributed by atoms with Gasteiger partial charge < -0.3 is 9.64 Å². The molecule has 1 aromatic rings. The quantitative estimate of drug-likeness (QED) is 0.728. The van der Waals surface area contributed by atoms with Crippen LogP contribution < -0.4 is 0 Å². The van der Waals surface area contributed by atoms with Crippen LogP contribution in [0.3, 0.4) is 0 Å². The van der Waals surface area contributed by atoms with Crippen molar-refractivity contribution < 1.29 is 17.9 Å². The van der Waals surface area contributed by atoms with Crippen LogP contribution in [0.4, 0.5) is 0 Å². The maximum absolute atomic E-state index is 12.9. The van der Waals surface area contributed by atoms with Gasteiger partial charge >= 0.3 is 0 Å². The molecule has 0 spiro atoms. The molecule has 150 valence electrons. The lowest BCUT2D eigenvalue weighted by Gasteiger charge is -2.40. The van der Waals surface area contributed by atoms with Gasteiger partial charge in [-0.2, -0.15) is 17.0 Å². The molecule has 1 amide bonds. The number of hydrogen-bond donors (Lipinski definition) is 0. The highest BCUT2D eigenvalue weighted by Gasteiger charge is 2.37. The summed E-state index contributed by atoms with van der Waals surface area (Å²) in [5.74, 6) is -0.220. The highest BCUT2D eigenvalue weighted by atomic mass is 35.5. The number of amides is 1. The Balaban J connectivity index is 1.65. The Labute approximate surface area is 169 Å². The van der Waals surface area contributed by atoms with E-state index < -0.39 is 10.2 Å². The van der Waals surface area contributed by atoms with E-state index in [-0.39, 0.29) is 31.2 Å². The molecule has 27 heavy (non-hydrogen) atoms. The third-order valence-corrected chi connectivity index (χ3v) is 7.24. The van der Waals surface area contributed by atoms with E-state index in [9.17, 15) is 13.2 Å². The normalized spacial score (nSPS) is 25.6. The summed E-state index contributed by atoms with van der Waals surface area (Å²) in [5.41, 5.74) is 0.369. The van der Waals surface area contributed by atoms with Crippen LogP contribution in [-0.2, 0) is 14.9 Å². The number of hydrogen-bond acceptors (Lipinski definition) is 4. The number of ether oxygens (including phenoxy) is 1. The molecule has 2 atom stereocenters. The number of halogens is 2. The highest BCUT2D eigenvalue weighted by molar-refractivity contribution is 7.86. The van der Waals surface area contributed by atoms with E-state index >= 15 is 0 Å². The van der Waals surface area contributed by atoms with Gasteiger partial charge in [-0.3, -0.25) is 4.79 Å². The summed E-state index contributed by atoms with van der Waals surface area (Å²) in [5, 5.41) is 0.750. The molecule has 0 aromatic heterocycles. The van der Waals surface area contributed by atoms with Gasteiger partial charge in [-0.25, -0.2) is 0 Å². The standard InChI is InChI=1S/C17H23Cl2N3O4S/c1-12-10-22(11-13(2)26-12)27(24,25)21-7-5-20(6-8-21)17(23)15-4-3-14(18)9-16(15)19/h3-4,9,12-13H,5-8,10-11H2,1-2H3. The molecular formula is C17H23Cl2N3O4S. The summed E-state index contributed by atoms with van der Waals surface area (Å²) in [6, 6.07) is 4.73. The van der Waals surface area contributed by atoms with Crippen molar-refractivity contribution >= 4 is 39.3 Å². The average molecular weight is 436 g/mol. The molecule has 2 fully saturated rings. The second kappa shape index (κ2) is 8.23. The van der Waals surface area contributed by atoms with Crippen LogP contribution in [0.1, 0.15) is 24.2 Å². The van der Waals surface area contributed by atoms with Crippen LogP contribution in [-0.4, -0.2) is 79.3 Å². The van der Waals surface area contributed by atoms with Gasteiger partial charge in [-0.05, 0) is 32.0 Å². The Bertz CT molecular complexity index is 802. The first-order valence-corrected chi connectivity index (χ1v) is 11.0. The highest BCUT2D eigenvalue weighted by Crippen LogP contribution is 2.24. The number of nitrogens with zero attached hydrogens (tertiary/aromatic N) is 3. The Morgan fingerprint density at radius 2 is 1.63 bits per heavy atom. The van der Waals surface area contributed by atoms with Gasteiger partial charge in [0.25, 0.3) is 16.1 Å². The third-order valence-electron chi connectivity index (χ3n) is 4.73. The molecule has 2 aliphatic rings. The zero-order valence-corrected chi connectivity index (χ0v) is 17.6. The molecule has 2 unspecified atom stereocenters. The van der Waals surface area contributed by atoms with E-state index in [1.807, 2.05) is 13.8 Å². The molecule has 2 saturated heterocycles. The molecule has 1 aromatic carbocycles. The van der Waals surface area contributed by atoms with E-state index in [0.717, 1.165) is 0 Å². The minimum atomic E-state index is -3.57. The van der Waals surface area contributed by atoms with Crippen molar-refractivity contribution in [1.29, 1.82) is 0 Å². The second-order valence-electron chi connectivity index (χ2n) is 6.90. The van der Waals surface area contributed by atoms with E-state index in [0.29, 0.717) is 41.8 Å². The largest absolute Gasteiger partial charge is 0.373 e. The Hall–Kier alpha value is -0.900. The Morgan fingerprint density at radius 1 is 1.04 bits per heavy atom. The fourth-order valence-corrected chi connectivity index (χ4v) is 5.67. The molecule has 2 heterocycles. The third kappa shape index (κ3) is 4.58. The zero-order valence-electron chi connectivity index (χ0n) is 15.3. The summed E-state index contributed by atoms with van der Waals surface area (Å²) in [6.45, 7) is 5.53. The molecule has 0 bridgehead atoms. The van der Waals surface area contributed by atoms with Crippen LogP contribution in [0.2, 0.25) is 10.0 Å². The molecule has 3 rings (SSSR count). The minimum Gasteiger partial charge on any atom is -0.373 e. The lowest BCUT2D eigenvalue weighted by Crippen LogP contribution is -2.57. The van der Waals surface area contributed by atoms with Gasteiger partial charge in [0, 0.05) is 44.3 Å². The summed E-state index contributed by atoms with van der Waals surface area (Å²) < 4.78 is 34.4. The van der Waals surface area contributed by atoms with Crippen molar-refractivity contribution in [2.45, 2.75) is 26.1 Å². The molecule has 0 saturated carbocycles. The zero-order chi connectivity index (χ0) is 19.8. The lowest BCUT2D eigenvalue weighted by molar-refractivity contribution is -0.0457. The maximum Gasteiger partial charge on any atom is 0.282 e. The van der Waals surface area contributed by atoms with Crippen molar-refractivity contribution in [3.63, 3.8) is 0 Å². The van der Waals surface area contributed by atoms with E-state index in [1.165, 1.54) is 14.7 Å². The van der Waals surface area contributed by atoms with Crippen LogP contribution in [0.25, 0.3) is 0 Å². The molecule has 2 aliphatic heterocycles. The first-order chi connectivity index (χ1) is 12.7. The van der Waals surface area contributed by atoms with E-state index in [2.05, 4.69) is 0 Å². The summed E-state index contributed by atoms with van der Waals surface area (Å²) in [6.07, 6.45) is -0.281. The van der Waals surface area contributed by atoms with Gasteiger partial charge in [0.1, 0.15) is 0 Å². The monoisotopic (exact) mass is 435 g/mol. The molecule has 0 N–H and O–H groups in total. The van der Waals surface area contributed by atoms with Crippen molar-refractivity contribution in [2.75, 3.05) is 39.3 Å².